The maximum atomic E-state index is 12.8. The molecule has 182 valence electrons. The van der Waals surface area contributed by atoms with Crippen molar-refractivity contribution in [2.75, 3.05) is 20.1 Å². The van der Waals surface area contributed by atoms with Gasteiger partial charge >= 0.3 is 0 Å². The summed E-state index contributed by atoms with van der Waals surface area (Å²) in [6.45, 7) is 5.96. The zero-order valence-corrected chi connectivity index (χ0v) is 20.8. The van der Waals surface area contributed by atoms with Crippen LogP contribution in [0.5, 0.6) is 0 Å². The summed E-state index contributed by atoms with van der Waals surface area (Å²) in [7, 11) is 1.88. The van der Waals surface area contributed by atoms with Crippen molar-refractivity contribution in [2.24, 2.45) is 0 Å². The number of carbonyl (C=O) groups excluding carboxylic acids is 2. The van der Waals surface area contributed by atoms with Crippen LogP contribution in [0.3, 0.4) is 0 Å². The summed E-state index contributed by atoms with van der Waals surface area (Å²) < 4.78 is 2.07. The molecule has 0 atom stereocenters. The van der Waals surface area contributed by atoms with Gasteiger partial charge in [-0.3, -0.25) is 9.59 Å². The number of imidazole rings is 1. The third-order valence-corrected chi connectivity index (χ3v) is 6.31. The monoisotopic (exact) mass is 462 g/mol. The molecule has 6 heteroatoms. The van der Waals surface area contributed by atoms with Crippen LogP contribution in [0.2, 0.25) is 0 Å². The maximum absolute atomic E-state index is 12.8. The Morgan fingerprint density at radius 3 is 2.56 bits per heavy atom. The van der Waals surface area contributed by atoms with Crippen molar-refractivity contribution in [3.05, 3.63) is 65.5 Å². The SMILES string of the molecule is CCCCN(C)C(=O)Cn1c(CCCCCNC(=O)Cc2ccccc2C)nc2ccccc21. The summed E-state index contributed by atoms with van der Waals surface area (Å²) in [4.78, 5) is 31.6. The van der Waals surface area contributed by atoms with Gasteiger partial charge in [0.25, 0.3) is 0 Å². The maximum Gasteiger partial charge on any atom is 0.242 e. The number of nitrogens with one attached hydrogen (secondary N) is 1. The van der Waals surface area contributed by atoms with Crippen molar-refractivity contribution in [1.82, 2.24) is 19.8 Å². The van der Waals surface area contributed by atoms with Gasteiger partial charge in [0.05, 0.1) is 17.5 Å². The van der Waals surface area contributed by atoms with Gasteiger partial charge in [0, 0.05) is 26.6 Å². The number of amides is 2. The van der Waals surface area contributed by atoms with Crippen molar-refractivity contribution in [2.45, 2.75) is 65.3 Å². The normalized spacial score (nSPS) is 11.0. The highest BCUT2D eigenvalue weighted by atomic mass is 16.2. The first-order valence-electron chi connectivity index (χ1n) is 12.5. The number of hydrogen-bond donors (Lipinski definition) is 1. The van der Waals surface area contributed by atoms with Gasteiger partial charge in [-0.2, -0.15) is 0 Å². The Hall–Kier alpha value is -3.15. The molecule has 0 bridgehead atoms. The number of unbranched alkanes of at least 4 members (excludes halogenated alkanes) is 3. The van der Waals surface area contributed by atoms with Crippen molar-refractivity contribution in [1.29, 1.82) is 0 Å². The number of nitrogens with zero attached hydrogens (tertiary/aromatic N) is 3. The highest BCUT2D eigenvalue weighted by Crippen LogP contribution is 2.18. The fraction of sp³-hybridized carbons (Fsp3) is 0.464. The standard InChI is InChI=1S/C28H38N4O2/c1-4-5-19-31(3)28(34)21-32-25-16-11-10-15-24(25)30-26(32)17-7-6-12-18-29-27(33)20-23-14-9-8-13-22(23)2/h8-11,13-16H,4-7,12,17-21H2,1-3H3,(H,29,33). The molecular weight excluding hydrogens is 424 g/mol. The number of para-hydroxylation sites is 2. The topological polar surface area (TPSA) is 67.2 Å². The summed E-state index contributed by atoms with van der Waals surface area (Å²) in [6, 6.07) is 16.0. The largest absolute Gasteiger partial charge is 0.356 e. The summed E-state index contributed by atoms with van der Waals surface area (Å²) in [5, 5.41) is 3.04. The second-order valence-corrected chi connectivity index (χ2v) is 9.04. The van der Waals surface area contributed by atoms with Crippen LogP contribution >= 0.6 is 0 Å². The smallest absolute Gasteiger partial charge is 0.242 e. The van der Waals surface area contributed by atoms with Crippen molar-refractivity contribution >= 4 is 22.8 Å². The molecule has 3 aromatic rings. The molecule has 1 heterocycles. The summed E-state index contributed by atoms with van der Waals surface area (Å²) in [5.41, 5.74) is 4.17. The summed E-state index contributed by atoms with van der Waals surface area (Å²) in [6.07, 6.45) is 6.23. The number of carbonyl (C=O) groups is 2. The first kappa shape index (κ1) is 25.5. The zero-order chi connectivity index (χ0) is 24.3. The Bertz CT molecular complexity index is 1090. The molecular formula is C28H38N4O2. The summed E-state index contributed by atoms with van der Waals surface area (Å²) in [5.74, 6) is 1.15. The fourth-order valence-corrected chi connectivity index (χ4v) is 4.13. The lowest BCUT2D eigenvalue weighted by Crippen LogP contribution is -2.31. The Balaban J connectivity index is 1.48. The molecule has 0 aliphatic carbocycles. The first-order chi connectivity index (χ1) is 16.5. The van der Waals surface area contributed by atoms with E-state index < -0.39 is 0 Å². The molecule has 6 nitrogen and oxygen atoms in total. The molecule has 0 saturated heterocycles. The molecule has 0 fully saturated rings. The van der Waals surface area contributed by atoms with Crippen LogP contribution in [0.4, 0.5) is 0 Å². The molecule has 2 amide bonds. The molecule has 0 aliphatic heterocycles. The molecule has 0 radical (unpaired) electrons. The number of rotatable bonds is 13. The Morgan fingerprint density at radius 1 is 1.00 bits per heavy atom. The van der Waals surface area contributed by atoms with E-state index in [0.29, 0.717) is 19.5 Å². The lowest BCUT2D eigenvalue weighted by Gasteiger charge is -2.18. The van der Waals surface area contributed by atoms with Gasteiger partial charge in [-0.05, 0) is 49.4 Å². The van der Waals surface area contributed by atoms with Crippen LogP contribution in [0.25, 0.3) is 11.0 Å². The minimum absolute atomic E-state index is 0.0711. The molecule has 1 aromatic heterocycles. The molecule has 34 heavy (non-hydrogen) atoms. The van der Waals surface area contributed by atoms with Crippen LogP contribution < -0.4 is 5.32 Å². The van der Waals surface area contributed by atoms with Crippen LogP contribution in [0, 0.1) is 6.92 Å². The quantitative estimate of drug-likeness (QED) is 0.375. The lowest BCUT2D eigenvalue weighted by atomic mass is 10.1. The molecule has 1 N–H and O–H groups in total. The Kier molecular flexibility index (Phi) is 9.68. The van der Waals surface area contributed by atoms with Crippen LogP contribution in [-0.4, -0.2) is 46.4 Å². The fourth-order valence-electron chi connectivity index (χ4n) is 4.13. The molecule has 2 aromatic carbocycles. The summed E-state index contributed by atoms with van der Waals surface area (Å²) >= 11 is 0. The highest BCUT2D eigenvalue weighted by Gasteiger charge is 2.16. The molecule has 0 spiro atoms. The molecule has 0 aliphatic rings. The van der Waals surface area contributed by atoms with Crippen molar-refractivity contribution < 1.29 is 9.59 Å². The van der Waals surface area contributed by atoms with E-state index in [1.165, 1.54) is 0 Å². The third kappa shape index (κ3) is 7.17. The second kappa shape index (κ2) is 12.9. The van der Waals surface area contributed by atoms with E-state index in [4.69, 9.17) is 4.98 Å². The number of aromatic nitrogens is 2. The second-order valence-electron chi connectivity index (χ2n) is 9.04. The van der Waals surface area contributed by atoms with Gasteiger partial charge in [0.2, 0.25) is 11.8 Å². The van der Waals surface area contributed by atoms with Gasteiger partial charge in [0.15, 0.2) is 0 Å². The Labute approximate surface area is 203 Å². The van der Waals surface area contributed by atoms with Gasteiger partial charge in [-0.1, -0.05) is 56.2 Å². The average molecular weight is 463 g/mol. The van der Waals surface area contributed by atoms with Gasteiger partial charge in [-0.25, -0.2) is 4.98 Å². The van der Waals surface area contributed by atoms with E-state index in [-0.39, 0.29) is 11.8 Å². The van der Waals surface area contributed by atoms with Gasteiger partial charge < -0.3 is 14.8 Å². The predicted molar refractivity (Wildman–Crippen MR) is 138 cm³/mol. The van der Waals surface area contributed by atoms with E-state index >= 15 is 0 Å². The average Bonchev–Trinajstić information content (AvgIpc) is 3.18. The van der Waals surface area contributed by atoms with E-state index in [2.05, 4.69) is 16.8 Å². The van der Waals surface area contributed by atoms with Crippen molar-refractivity contribution in [3.8, 4) is 0 Å². The minimum Gasteiger partial charge on any atom is -0.356 e. The van der Waals surface area contributed by atoms with Crippen LogP contribution in [0.1, 0.15) is 56.0 Å². The molecule has 0 unspecified atom stereocenters. The first-order valence-corrected chi connectivity index (χ1v) is 12.5. The number of aryl methyl sites for hydroxylation is 2. The molecule has 3 rings (SSSR count). The molecule has 0 saturated carbocycles. The van der Waals surface area contributed by atoms with Crippen LogP contribution in [0.15, 0.2) is 48.5 Å². The van der Waals surface area contributed by atoms with E-state index in [1.54, 1.807) is 0 Å². The van der Waals surface area contributed by atoms with E-state index in [1.807, 2.05) is 67.4 Å². The van der Waals surface area contributed by atoms with Crippen molar-refractivity contribution in [3.63, 3.8) is 0 Å². The number of hydrogen-bond acceptors (Lipinski definition) is 3. The number of fused-ring (bicyclic) bond motifs is 1. The number of benzene rings is 2. The van der Waals surface area contributed by atoms with E-state index in [0.717, 1.165) is 73.1 Å². The zero-order valence-electron chi connectivity index (χ0n) is 20.8. The Morgan fingerprint density at radius 2 is 1.76 bits per heavy atom. The van der Waals surface area contributed by atoms with E-state index in [9.17, 15) is 9.59 Å². The lowest BCUT2D eigenvalue weighted by molar-refractivity contribution is -0.130. The predicted octanol–water partition coefficient (Wildman–Crippen LogP) is 4.67. The number of likely N-dealkylation sites (N-methyl/N-ethyl adjacent to an activating group) is 1. The van der Waals surface area contributed by atoms with Gasteiger partial charge in [0.1, 0.15) is 12.4 Å². The van der Waals surface area contributed by atoms with Crippen LogP contribution in [-0.2, 0) is 29.0 Å². The van der Waals surface area contributed by atoms with Gasteiger partial charge in [-0.15, -0.1) is 0 Å². The third-order valence-electron chi connectivity index (χ3n) is 6.31. The minimum atomic E-state index is 0.0711. The highest BCUT2D eigenvalue weighted by molar-refractivity contribution is 5.81.